The lowest BCUT2D eigenvalue weighted by atomic mass is 10.1. The lowest BCUT2D eigenvalue weighted by Gasteiger charge is -2.14. The first-order valence-corrected chi connectivity index (χ1v) is 12.9. The highest BCUT2D eigenvalue weighted by atomic mass is 32.2. The van der Waals surface area contributed by atoms with Gasteiger partial charge in [-0.05, 0) is 80.5 Å². The molecule has 9 heteroatoms. The maximum Gasteiger partial charge on any atom is 0.238 e. The number of hydrogen-bond acceptors (Lipinski definition) is 7. The van der Waals surface area contributed by atoms with Crippen molar-refractivity contribution in [1.29, 1.82) is 0 Å². The van der Waals surface area contributed by atoms with Crippen molar-refractivity contribution in [1.82, 2.24) is 5.32 Å². The van der Waals surface area contributed by atoms with E-state index in [1.807, 2.05) is 6.07 Å². The quantitative estimate of drug-likeness (QED) is 0.232. The normalized spacial score (nSPS) is 12.7. The zero-order valence-corrected chi connectivity index (χ0v) is 19.8. The van der Waals surface area contributed by atoms with Crippen LogP contribution in [-0.4, -0.2) is 50.0 Å². The van der Waals surface area contributed by atoms with Crippen LogP contribution in [0.5, 0.6) is 5.75 Å². The molecule has 0 spiro atoms. The Bertz CT molecular complexity index is 952. The second kappa shape index (κ2) is 14.3. The average Bonchev–Trinajstić information content (AvgIpc) is 2.79. The zero-order chi connectivity index (χ0) is 24.1. The lowest BCUT2D eigenvalue weighted by molar-refractivity contribution is 0.126. The molecule has 0 radical (unpaired) electrons. The van der Waals surface area contributed by atoms with Gasteiger partial charge in [-0.2, -0.15) is 0 Å². The van der Waals surface area contributed by atoms with Crippen molar-refractivity contribution < 1.29 is 28.5 Å². The number of rotatable bonds is 16. The third kappa shape index (κ3) is 10.2. The summed E-state index contributed by atoms with van der Waals surface area (Å²) < 4.78 is 28.5. The average molecular weight is 481 g/mol. The van der Waals surface area contributed by atoms with Crippen LogP contribution in [0.15, 0.2) is 47.4 Å². The minimum atomic E-state index is -3.66. The first kappa shape index (κ1) is 27.2. The van der Waals surface area contributed by atoms with Crippen LogP contribution in [0.1, 0.15) is 54.9 Å². The van der Waals surface area contributed by atoms with Gasteiger partial charge in [-0.25, -0.2) is 13.6 Å². The van der Waals surface area contributed by atoms with E-state index >= 15 is 0 Å². The van der Waals surface area contributed by atoms with E-state index in [1.165, 1.54) is 12.1 Å². The summed E-state index contributed by atoms with van der Waals surface area (Å²) in [5.41, 5.74) is 2.02. The largest absolute Gasteiger partial charge is 0.508 e. The van der Waals surface area contributed by atoms with Crippen molar-refractivity contribution in [3.05, 3.63) is 59.2 Å². The molecule has 2 rings (SSSR count). The number of nitrogens with two attached hydrogens (primary N) is 1. The van der Waals surface area contributed by atoms with Crippen LogP contribution in [0, 0.1) is 0 Å². The first-order valence-electron chi connectivity index (χ1n) is 11.3. The Morgan fingerprint density at radius 1 is 1.00 bits per heavy atom. The predicted octanol–water partition coefficient (Wildman–Crippen LogP) is 2.36. The molecule has 184 valence electrons. The van der Waals surface area contributed by atoms with Gasteiger partial charge in [-0.1, -0.05) is 18.2 Å². The monoisotopic (exact) mass is 480 g/mol. The molecule has 8 nitrogen and oxygen atoms in total. The third-order valence-corrected chi connectivity index (χ3v) is 6.28. The first-order chi connectivity index (χ1) is 15.8. The molecule has 0 aromatic heterocycles. The van der Waals surface area contributed by atoms with E-state index in [-0.39, 0.29) is 17.3 Å². The number of ether oxygens (including phenoxy) is 1. The van der Waals surface area contributed by atoms with Crippen LogP contribution in [0.2, 0.25) is 0 Å². The fourth-order valence-corrected chi connectivity index (χ4v) is 4.02. The van der Waals surface area contributed by atoms with Gasteiger partial charge >= 0.3 is 0 Å². The number of primary sulfonamides is 1. The van der Waals surface area contributed by atoms with Gasteiger partial charge in [-0.15, -0.1) is 0 Å². The molecule has 0 amide bonds. The highest BCUT2D eigenvalue weighted by molar-refractivity contribution is 7.89. The van der Waals surface area contributed by atoms with Crippen molar-refractivity contribution in [2.24, 2.45) is 5.14 Å². The zero-order valence-electron chi connectivity index (χ0n) is 18.9. The molecule has 2 aromatic rings. The lowest BCUT2D eigenvalue weighted by Crippen LogP contribution is -2.22. The van der Waals surface area contributed by atoms with Gasteiger partial charge in [0.25, 0.3) is 0 Å². The second-order valence-electron chi connectivity index (χ2n) is 8.09. The summed E-state index contributed by atoms with van der Waals surface area (Å²) in [6.07, 6.45) is 4.90. The van der Waals surface area contributed by atoms with Crippen molar-refractivity contribution in [2.45, 2.75) is 56.1 Å². The Hall–Kier alpha value is -2.01. The number of phenols is 1. The molecule has 0 unspecified atom stereocenters. The van der Waals surface area contributed by atoms with E-state index in [0.717, 1.165) is 50.6 Å². The van der Waals surface area contributed by atoms with Crippen LogP contribution in [0.25, 0.3) is 0 Å². The maximum absolute atomic E-state index is 11.4. The Labute approximate surface area is 196 Å². The molecule has 0 saturated heterocycles. The van der Waals surface area contributed by atoms with E-state index in [0.29, 0.717) is 30.9 Å². The molecule has 0 aliphatic heterocycles. The predicted molar refractivity (Wildman–Crippen MR) is 127 cm³/mol. The summed E-state index contributed by atoms with van der Waals surface area (Å²) in [5.74, 6) is 0.0264. The van der Waals surface area contributed by atoms with Crippen LogP contribution in [-0.2, 0) is 27.8 Å². The number of aryl methyl sites for hydroxylation is 1. The fraction of sp³-hybridized carbons (Fsp3) is 0.500. The molecule has 0 bridgehead atoms. The molecular weight excluding hydrogens is 444 g/mol. The van der Waals surface area contributed by atoms with Crippen molar-refractivity contribution in [3.63, 3.8) is 0 Å². The third-order valence-electron chi connectivity index (χ3n) is 5.37. The van der Waals surface area contributed by atoms with Crippen molar-refractivity contribution in [3.8, 4) is 5.75 Å². The van der Waals surface area contributed by atoms with Gasteiger partial charge < -0.3 is 25.4 Å². The Kier molecular flexibility index (Phi) is 11.8. The van der Waals surface area contributed by atoms with E-state index in [9.17, 15) is 23.7 Å². The number of nitrogens with one attached hydrogen (secondary N) is 1. The number of hydrogen-bond donors (Lipinski definition) is 5. The highest BCUT2D eigenvalue weighted by Gasteiger charge is 2.10. The smallest absolute Gasteiger partial charge is 0.238 e. The van der Waals surface area contributed by atoms with Crippen molar-refractivity contribution in [2.75, 3.05) is 26.3 Å². The molecule has 6 N–H and O–H groups in total. The summed E-state index contributed by atoms with van der Waals surface area (Å²) in [6, 6.07) is 11.5. The van der Waals surface area contributed by atoms with Gasteiger partial charge in [0, 0.05) is 25.3 Å². The summed E-state index contributed by atoms with van der Waals surface area (Å²) in [5, 5.41) is 37.4. The summed E-state index contributed by atoms with van der Waals surface area (Å²) >= 11 is 0. The molecular formula is C24H36N2O6S. The second-order valence-corrected chi connectivity index (χ2v) is 9.65. The number of unbranched alkanes of at least 4 members (excludes halogenated alkanes) is 3. The van der Waals surface area contributed by atoms with Crippen LogP contribution in [0.3, 0.4) is 0 Å². The molecule has 2 aromatic carbocycles. The van der Waals surface area contributed by atoms with Gasteiger partial charge in [-0.3, -0.25) is 0 Å². The van der Waals surface area contributed by atoms with Gasteiger partial charge in [0.05, 0.1) is 17.6 Å². The molecule has 0 heterocycles. The number of sulfonamides is 1. The molecule has 0 saturated carbocycles. The Balaban J connectivity index is 1.46. The SMILES string of the molecule is NS(=O)(=O)c1cccc(CCCCOCCCCCNC[C@@H](O)c2ccc(O)c(CO)c2)c1. The standard InChI is InChI=1S/C24H36N2O6S/c25-33(30,31)22-9-6-8-19(15-22)7-2-5-14-32-13-4-1-3-12-26-17-24(29)20-10-11-23(28)21(16-20)18-27/h6,8-11,15-16,24,26-29H,1-5,7,12-14,17-18H2,(H2,25,30,31)/t24-/m1/s1. The number of aromatic hydroxyl groups is 1. The van der Waals surface area contributed by atoms with E-state index < -0.39 is 16.1 Å². The molecule has 0 fully saturated rings. The molecule has 33 heavy (non-hydrogen) atoms. The number of benzene rings is 2. The minimum absolute atomic E-state index is 0.0264. The minimum Gasteiger partial charge on any atom is -0.508 e. The van der Waals surface area contributed by atoms with Crippen LogP contribution < -0.4 is 10.5 Å². The van der Waals surface area contributed by atoms with Crippen LogP contribution >= 0.6 is 0 Å². The van der Waals surface area contributed by atoms with Gasteiger partial charge in [0.1, 0.15) is 5.75 Å². The number of aliphatic hydroxyl groups excluding tert-OH is 2. The summed E-state index contributed by atoms with van der Waals surface area (Å²) in [6.45, 7) is 2.32. The van der Waals surface area contributed by atoms with Crippen LogP contribution in [0.4, 0.5) is 0 Å². The summed E-state index contributed by atoms with van der Waals surface area (Å²) in [4.78, 5) is 0.149. The van der Waals surface area contributed by atoms with Gasteiger partial charge in [0.15, 0.2) is 0 Å². The van der Waals surface area contributed by atoms with Gasteiger partial charge in [0.2, 0.25) is 10.0 Å². The van der Waals surface area contributed by atoms with Crippen molar-refractivity contribution >= 4 is 10.0 Å². The van der Waals surface area contributed by atoms with E-state index in [4.69, 9.17) is 9.88 Å². The Morgan fingerprint density at radius 3 is 2.48 bits per heavy atom. The van der Waals surface area contributed by atoms with E-state index in [2.05, 4.69) is 5.32 Å². The molecule has 1 atom stereocenters. The maximum atomic E-state index is 11.4. The molecule has 0 aliphatic carbocycles. The number of aliphatic hydroxyl groups is 2. The fourth-order valence-electron chi connectivity index (χ4n) is 3.44. The molecule has 0 aliphatic rings. The van der Waals surface area contributed by atoms with E-state index in [1.54, 1.807) is 24.3 Å². The Morgan fingerprint density at radius 2 is 1.76 bits per heavy atom. The topological polar surface area (TPSA) is 142 Å². The highest BCUT2D eigenvalue weighted by Crippen LogP contribution is 2.22. The summed E-state index contributed by atoms with van der Waals surface area (Å²) in [7, 11) is -3.66.